The molecular formula is C31H34N2O4. The van der Waals surface area contributed by atoms with Gasteiger partial charge in [-0.1, -0.05) is 57.2 Å². The van der Waals surface area contributed by atoms with Crippen LogP contribution in [-0.4, -0.2) is 18.6 Å². The quantitative estimate of drug-likeness (QED) is 0.412. The van der Waals surface area contributed by atoms with E-state index in [9.17, 15) is 9.59 Å². The zero-order chi connectivity index (χ0) is 26.2. The molecule has 0 bridgehead atoms. The Morgan fingerprint density at radius 1 is 0.919 bits per heavy atom. The van der Waals surface area contributed by atoms with Gasteiger partial charge in [0.15, 0.2) is 11.5 Å². The summed E-state index contributed by atoms with van der Waals surface area (Å²) >= 11 is 0. The van der Waals surface area contributed by atoms with E-state index in [1.165, 1.54) is 0 Å². The maximum absolute atomic E-state index is 13.4. The molecule has 1 aliphatic carbocycles. The number of hydrogen-bond acceptors (Lipinski definition) is 4. The number of ether oxygens (including phenoxy) is 2. The van der Waals surface area contributed by atoms with Crippen LogP contribution in [0.25, 0.3) is 11.1 Å². The summed E-state index contributed by atoms with van der Waals surface area (Å²) in [6.07, 6.45) is 2.12. The van der Waals surface area contributed by atoms with Gasteiger partial charge in [-0.25, -0.2) is 0 Å². The van der Waals surface area contributed by atoms with Gasteiger partial charge >= 0.3 is 0 Å². The first kappa shape index (κ1) is 24.9. The van der Waals surface area contributed by atoms with Crippen LogP contribution in [0.3, 0.4) is 0 Å². The summed E-state index contributed by atoms with van der Waals surface area (Å²) in [4.78, 5) is 25.5. The number of amides is 2. The smallest absolute Gasteiger partial charge is 0.235 e. The van der Waals surface area contributed by atoms with Crippen LogP contribution >= 0.6 is 0 Å². The largest absolute Gasteiger partial charge is 0.454 e. The molecule has 0 radical (unpaired) electrons. The molecule has 5 rings (SSSR count). The van der Waals surface area contributed by atoms with Gasteiger partial charge in [0.1, 0.15) is 0 Å². The van der Waals surface area contributed by atoms with Crippen LogP contribution in [0.1, 0.15) is 56.7 Å². The molecule has 1 fully saturated rings. The van der Waals surface area contributed by atoms with Crippen LogP contribution in [0.5, 0.6) is 11.5 Å². The molecule has 6 heteroatoms. The number of nitrogens with one attached hydrogen (secondary N) is 2. The third-order valence-corrected chi connectivity index (χ3v) is 7.05. The molecular weight excluding hydrogens is 464 g/mol. The van der Waals surface area contributed by atoms with Crippen molar-refractivity contribution in [3.8, 4) is 22.6 Å². The van der Waals surface area contributed by atoms with Crippen LogP contribution in [0.15, 0.2) is 60.7 Å². The molecule has 6 nitrogen and oxygen atoms in total. The second-order valence-corrected chi connectivity index (χ2v) is 11.3. The Morgan fingerprint density at radius 3 is 2.35 bits per heavy atom. The van der Waals surface area contributed by atoms with E-state index in [2.05, 4.69) is 50.5 Å². The minimum Gasteiger partial charge on any atom is -0.454 e. The molecule has 2 N–H and O–H groups in total. The second-order valence-electron chi connectivity index (χ2n) is 11.3. The van der Waals surface area contributed by atoms with E-state index >= 15 is 0 Å². The van der Waals surface area contributed by atoms with E-state index in [0.717, 1.165) is 52.1 Å². The van der Waals surface area contributed by atoms with E-state index in [1.54, 1.807) is 0 Å². The lowest BCUT2D eigenvalue weighted by atomic mass is 9.92. The number of benzene rings is 3. The normalized spacial score (nSPS) is 15.2. The highest BCUT2D eigenvalue weighted by atomic mass is 16.7. The van der Waals surface area contributed by atoms with E-state index in [1.807, 2.05) is 48.5 Å². The Morgan fingerprint density at radius 2 is 1.65 bits per heavy atom. The van der Waals surface area contributed by atoms with Gasteiger partial charge in [0.2, 0.25) is 18.6 Å². The summed E-state index contributed by atoms with van der Waals surface area (Å²) in [6.45, 7) is 8.96. The molecule has 37 heavy (non-hydrogen) atoms. The molecule has 3 aromatic rings. The number of hydrogen-bond donors (Lipinski definition) is 2. The maximum atomic E-state index is 13.4. The monoisotopic (exact) mass is 498 g/mol. The summed E-state index contributed by atoms with van der Waals surface area (Å²) in [5, 5.41) is 6.16. The summed E-state index contributed by atoms with van der Waals surface area (Å²) < 4.78 is 10.9. The highest BCUT2D eigenvalue weighted by Crippen LogP contribution is 2.51. The molecule has 0 saturated heterocycles. The maximum Gasteiger partial charge on any atom is 0.235 e. The van der Waals surface area contributed by atoms with Crippen molar-refractivity contribution in [1.29, 1.82) is 0 Å². The van der Waals surface area contributed by atoms with Crippen LogP contribution in [0, 0.1) is 12.3 Å². The predicted octanol–water partition coefficient (Wildman–Crippen LogP) is 6.11. The number of anilines is 1. The minimum atomic E-state index is -0.523. The highest BCUT2D eigenvalue weighted by Gasteiger charge is 2.51. The Bertz CT molecular complexity index is 1330. The minimum absolute atomic E-state index is 0.00233. The standard InChI is InChI=1S/C31H34N2O4/c1-20-5-11-24(33-29(35)31(13-14-31)23-10-12-26-27(15-23)37-19-36-26)16-25(20)22-8-6-21(7-9-22)18-32-28(34)17-30(2,3)4/h5-12,15-16H,13-14,17-19H2,1-4H3,(H,32,34)(H,33,35). The van der Waals surface area contributed by atoms with Crippen LogP contribution in [0.4, 0.5) is 5.69 Å². The fraction of sp³-hybridized carbons (Fsp3) is 0.355. The number of rotatable bonds is 7. The molecule has 2 aliphatic rings. The molecule has 0 aromatic heterocycles. The highest BCUT2D eigenvalue weighted by molar-refractivity contribution is 6.02. The Hall–Kier alpha value is -3.80. The average Bonchev–Trinajstić information content (AvgIpc) is 3.54. The number of carbonyl (C=O) groups excluding carboxylic acids is 2. The lowest BCUT2D eigenvalue weighted by molar-refractivity contribution is -0.123. The van der Waals surface area contributed by atoms with Crippen molar-refractivity contribution < 1.29 is 19.1 Å². The van der Waals surface area contributed by atoms with Gasteiger partial charge in [-0.05, 0) is 77.3 Å². The van der Waals surface area contributed by atoms with Crippen molar-refractivity contribution in [1.82, 2.24) is 5.32 Å². The zero-order valence-electron chi connectivity index (χ0n) is 21.9. The lowest BCUT2D eigenvalue weighted by Crippen LogP contribution is -2.27. The van der Waals surface area contributed by atoms with E-state index in [4.69, 9.17) is 9.47 Å². The van der Waals surface area contributed by atoms with Crippen molar-refractivity contribution >= 4 is 17.5 Å². The number of fused-ring (bicyclic) bond motifs is 1. The van der Waals surface area contributed by atoms with Crippen LogP contribution in [-0.2, 0) is 21.5 Å². The molecule has 3 aromatic carbocycles. The SMILES string of the molecule is Cc1ccc(NC(=O)C2(c3ccc4c(c3)OCO4)CC2)cc1-c1ccc(CNC(=O)CC(C)(C)C)cc1. The first-order chi connectivity index (χ1) is 17.6. The average molecular weight is 499 g/mol. The van der Waals surface area contributed by atoms with E-state index in [0.29, 0.717) is 18.7 Å². The topological polar surface area (TPSA) is 76.7 Å². The third-order valence-electron chi connectivity index (χ3n) is 7.05. The van der Waals surface area contributed by atoms with Crippen LogP contribution < -0.4 is 20.1 Å². The molecule has 1 saturated carbocycles. The first-order valence-corrected chi connectivity index (χ1v) is 12.8. The molecule has 0 spiro atoms. The summed E-state index contributed by atoms with van der Waals surface area (Å²) in [5.74, 6) is 1.49. The fourth-order valence-corrected chi connectivity index (χ4v) is 4.77. The van der Waals surface area contributed by atoms with Crippen molar-refractivity contribution in [3.63, 3.8) is 0 Å². The number of carbonyl (C=O) groups is 2. The molecule has 2 amide bonds. The van der Waals surface area contributed by atoms with E-state index < -0.39 is 5.41 Å². The number of aryl methyl sites for hydroxylation is 1. The molecule has 1 aliphatic heterocycles. The Balaban J connectivity index is 1.27. The van der Waals surface area contributed by atoms with Gasteiger partial charge in [0.25, 0.3) is 0 Å². The molecule has 0 unspecified atom stereocenters. The van der Waals surface area contributed by atoms with Gasteiger partial charge < -0.3 is 20.1 Å². The predicted molar refractivity (Wildman–Crippen MR) is 145 cm³/mol. The van der Waals surface area contributed by atoms with Gasteiger partial charge in [0.05, 0.1) is 5.41 Å². The van der Waals surface area contributed by atoms with Gasteiger partial charge in [-0.2, -0.15) is 0 Å². The van der Waals surface area contributed by atoms with Gasteiger partial charge in [0, 0.05) is 18.7 Å². The Labute approximate surface area is 218 Å². The summed E-state index contributed by atoms with van der Waals surface area (Å²) in [6, 6.07) is 20.0. The molecule has 192 valence electrons. The molecule has 1 heterocycles. The summed E-state index contributed by atoms with van der Waals surface area (Å²) in [5.41, 5.74) is 5.49. The van der Waals surface area contributed by atoms with Gasteiger partial charge in [-0.15, -0.1) is 0 Å². The van der Waals surface area contributed by atoms with Crippen molar-refractivity contribution in [2.45, 2.75) is 58.9 Å². The van der Waals surface area contributed by atoms with Gasteiger partial charge in [-0.3, -0.25) is 9.59 Å². The Kier molecular flexibility index (Phi) is 6.44. The van der Waals surface area contributed by atoms with E-state index in [-0.39, 0.29) is 24.0 Å². The molecule has 0 atom stereocenters. The van der Waals surface area contributed by atoms with Crippen LogP contribution in [0.2, 0.25) is 0 Å². The summed E-state index contributed by atoms with van der Waals surface area (Å²) in [7, 11) is 0. The third kappa shape index (κ3) is 5.48. The zero-order valence-corrected chi connectivity index (χ0v) is 21.9. The van der Waals surface area contributed by atoms with Crippen molar-refractivity contribution in [2.75, 3.05) is 12.1 Å². The van der Waals surface area contributed by atoms with Crippen molar-refractivity contribution in [3.05, 3.63) is 77.4 Å². The second kappa shape index (κ2) is 9.58. The lowest BCUT2D eigenvalue weighted by Gasteiger charge is -2.18. The fourth-order valence-electron chi connectivity index (χ4n) is 4.77. The van der Waals surface area contributed by atoms with Crippen molar-refractivity contribution in [2.24, 2.45) is 5.41 Å². The first-order valence-electron chi connectivity index (χ1n) is 12.8.